The van der Waals surface area contributed by atoms with Gasteiger partial charge >= 0.3 is 0 Å². The second kappa shape index (κ2) is 7.92. The van der Waals surface area contributed by atoms with E-state index in [1.165, 1.54) is 0 Å². The number of nitrogens with one attached hydrogen (secondary N) is 2. The number of amides is 1. The highest BCUT2D eigenvalue weighted by molar-refractivity contribution is 7.89. The summed E-state index contributed by atoms with van der Waals surface area (Å²) in [4.78, 5) is 21.9. The molecule has 164 valence electrons. The Bertz CT molecular complexity index is 1430. The van der Waals surface area contributed by atoms with E-state index in [1.807, 2.05) is 30.3 Å². The molecular weight excluding hydrogens is 428 g/mol. The lowest BCUT2D eigenvalue weighted by Gasteiger charge is -2.17. The molecule has 0 aliphatic carbocycles. The summed E-state index contributed by atoms with van der Waals surface area (Å²) in [5.41, 5.74) is 2.72. The molecule has 9 heteroatoms. The van der Waals surface area contributed by atoms with Crippen molar-refractivity contribution in [2.24, 2.45) is 0 Å². The summed E-state index contributed by atoms with van der Waals surface area (Å²) >= 11 is 0. The van der Waals surface area contributed by atoms with E-state index >= 15 is 0 Å². The minimum absolute atomic E-state index is 0.120. The van der Waals surface area contributed by atoms with Gasteiger partial charge in [0.25, 0.3) is 0 Å². The Hall–Kier alpha value is -3.43. The zero-order chi connectivity index (χ0) is 22.3. The SMILES string of the molecule is COc1ccc2ccc(S(=O)(=O)N[C@H]3CCN(Cc4ccc5nc[nH]c5c4)C3=O)cc2c1. The Labute approximate surface area is 185 Å². The molecule has 8 nitrogen and oxygen atoms in total. The Balaban J connectivity index is 1.32. The van der Waals surface area contributed by atoms with Crippen molar-refractivity contribution in [3.05, 3.63) is 66.5 Å². The number of H-pyrrole nitrogens is 1. The maximum atomic E-state index is 13.0. The van der Waals surface area contributed by atoms with E-state index in [1.54, 1.807) is 42.6 Å². The van der Waals surface area contributed by atoms with Gasteiger partial charge in [-0.15, -0.1) is 0 Å². The van der Waals surface area contributed by atoms with E-state index < -0.39 is 16.1 Å². The van der Waals surface area contributed by atoms with Gasteiger partial charge < -0.3 is 14.6 Å². The molecule has 0 unspecified atom stereocenters. The number of fused-ring (bicyclic) bond motifs is 2. The van der Waals surface area contributed by atoms with E-state index in [-0.39, 0.29) is 10.8 Å². The third-order valence-corrected chi connectivity index (χ3v) is 7.25. The Kier molecular flexibility index (Phi) is 5.07. The number of carbonyl (C=O) groups is 1. The first-order valence-electron chi connectivity index (χ1n) is 10.2. The molecule has 3 aromatic carbocycles. The molecule has 2 N–H and O–H groups in total. The maximum absolute atomic E-state index is 13.0. The number of sulfonamides is 1. The fourth-order valence-corrected chi connectivity index (χ4v) is 5.32. The molecule has 2 heterocycles. The number of rotatable bonds is 6. The predicted molar refractivity (Wildman–Crippen MR) is 121 cm³/mol. The number of ether oxygens (including phenoxy) is 1. The van der Waals surface area contributed by atoms with Gasteiger partial charge in [0.15, 0.2) is 0 Å². The normalized spacial score (nSPS) is 16.8. The molecule has 1 aliphatic rings. The average Bonchev–Trinajstić information content (AvgIpc) is 3.39. The molecule has 1 amide bonds. The quantitative estimate of drug-likeness (QED) is 0.470. The zero-order valence-corrected chi connectivity index (χ0v) is 18.2. The van der Waals surface area contributed by atoms with Crippen LogP contribution in [0.3, 0.4) is 0 Å². The van der Waals surface area contributed by atoms with Gasteiger partial charge in [-0.05, 0) is 59.2 Å². The fraction of sp³-hybridized carbons (Fsp3) is 0.217. The van der Waals surface area contributed by atoms with Gasteiger partial charge in [0.05, 0.1) is 29.4 Å². The van der Waals surface area contributed by atoms with Gasteiger partial charge in [0.1, 0.15) is 11.8 Å². The van der Waals surface area contributed by atoms with Crippen molar-refractivity contribution in [1.29, 1.82) is 0 Å². The number of hydrogen-bond donors (Lipinski definition) is 2. The smallest absolute Gasteiger partial charge is 0.241 e. The highest BCUT2D eigenvalue weighted by Crippen LogP contribution is 2.25. The van der Waals surface area contributed by atoms with Gasteiger partial charge in [-0.1, -0.05) is 18.2 Å². The number of aromatic nitrogens is 2. The monoisotopic (exact) mass is 450 g/mol. The van der Waals surface area contributed by atoms with Crippen LogP contribution in [-0.4, -0.2) is 48.9 Å². The lowest BCUT2D eigenvalue weighted by molar-refractivity contribution is -0.129. The third-order valence-electron chi connectivity index (χ3n) is 5.78. The summed E-state index contributed by atoms with van der Waals surface area (Å²) in [7, 11) is -2.29. The maximum Gasteiger partial charge on any atom is 0.241 e. The predicted octanol–water partition coefficient (Wildman–Crippen LogP) is 2.80. The molecule has 5 rings (SSSR count). The molecule has 1 aromatic heterocycles. The molecule has 4 aromatic rings. The van der Waals surface area contributed by atoms with Gasteiger partial charge in [0.2, 0.25) is 15.9 Å². The number of aromatic amines is 1. The van der Waals surface area contributed by atoms with Crippen LogP contribution in [0.25, 0.3) is 21.8 Å². The number of nitrogens with zero attached hydrogens (tertiary/aromatic N) is 2. The van der Waals surface area contributed by atoms with Crippen LogP contribution in [0.2, 0.25) is 0 Å². The molecule has 1 aliphatic heterocycles. The molecule has 0 bridgehead atoms. The standard InChI is InChI=1S/C23H22N4O4S/c1-31-18-5-3-16-4-6-19(12-17(16)11-18)32(29,30)26-21-8-9-27(23(21)28)13-15-2-7-20-22(10-15)25-14-24-20/h2-7,10-12,14,21,26H,8-9,13H2,1H3,(H,24,25)/t21-/m0/s1. The van der Waals surface area contributed by atoms with E-state index in [4.69, 9.17) is 4.74 Å². The van der Waals surface area contributed by atoms with Crippen LogP contribution in [-0.2, 0) is 21.4 Å². The molecule has 0 spiro atoms. The third kappa shape index (κ3) is 3.80. The van der Waals surface area contributed by atoms with Crippen LogP contribution in [0.1, 0.15) is 12.0 Å². The number of methoxy groups -OCH3 is 1. The first-order chi connectivity index (χ1) is 15.4. The number of hydrogen-bond acceptors (Lipinski definition) is 5. The summed E-state index contributed by atoms with van der Waals surface area (Å²) in [5.74, 6) is 0.427. The van der Waals surface area contributed by atoms with Crippen LogP contribution in [0, 0.1) is 0 Å². The molecular formula is C23H22N4O4S. The number of carbonyl (C=O) groups excluding carboxylic acids is 1. The van der Waals surface area contributed by atoms with Crippen molar-refractivity contribution >= 4 is 37.7 Å². The highest BCUT2D eigenvalue weighted by atomic mass is 32.2. The first kappa shape index (κ1) is 20.5. The van der Waals surface area contributed by atoms with Crippen molar-refractivity contribution in [1.82, 2.24) is 19.6 Å². The lowest BCUT2D eigenvalue weighted by Crippen LogP contribution is -2.41. The summed E-state index contributed by atoms with van der Waals surface area (Å²) in [6.45, 7) is 0.906. The van der Waals surface area contributed by atoms with E-state index in [0.717, 1.165) is 27.4 Å². The van der Waals surface area contributed by atoms with Crippen LogP contribution in [0.4, 0.5) is 0 Å². The fourth-order valence-electron chi connectivity index (χ4n) is 4.06. The number of likely N-dealkylation sites (tertiary alicyclic amines) is 1. The van der Waals surface area contributed by atoms with Crippen LogP contribution >= 0.6 is 0 Å². The van der Waals surface area contributed by atoms with Gasteiger partial charge in [-0.3, -0.25) is 4.79 Å². The van der Waals surface area contributed by atoms with Crippen molar-refractivity contribution in [2.45, 2.75) is 23.9 Å². The number of benzene rings is 3. The minimum atomic E-state index is -3.86. The molecule has 1 atom stereocenters. The second-order valence-corrected chi connectivity index (χ2v) is 9.57. The minimum Gasteiger partial charge on any atom is -0.497 e. The van der Waals surface area contributed by atoms with Crippen LogP contribution in [0.15, 0.2) is 65.8 Å². The average molecular weight is 451 g/mol. The summed E-state index contributed by atoms with van der Waals surface area (Å²) < 4.78 is 33.8. The molecule has 1 fully saturated rings. The molecule has 1 saturated heterocycles. The molecule has 0 saturated carbocycles. The Morgan fingerprint density at radius 2 is 1.97 bits per heavy atom. The van der Waals surface area contributed by atoms with E-state index in [2.05, 4.69) is 14.7 Å². The number of imidazole rings is 1. The summed E-state index contributed by atoms with van der Waals surface area (Å²) in [6, 6.07) is 15.4. The van der Waals surface area contributed by atoms with Gasteiger partial charge in [-0.2, -0.15) is 4.72 Å². The van der Waals surface area contributed by atoms with Crippen molar-refractivity contribution in [2.75, 3.05) is 13.7 Å². The summed E-state index contributed by atoms with van der Waals surface area (Å²) in [5, 5.41) is 1.66. The highest BCUT2D eigenvalue weighted by Gasteiger charge is 2.35. The van der Waals surface area contributed by atoms with E-state index in [9.17, 15) is 13.2 Å². The Morgan fingerprint density at radius 3 is 2.81 bits per heavy atom. The van der Waals surface area contributed by atoms with Crippen LogP contribution < -0.4 is 9.46 Å². The van der Waals surface area contributed by atoms with Crippen molar-refractivity contribution in [3.8, 4) is 5.75 Å². The van der Waals surface area contributed by atoms with Gasteiger partial charge in [-0.25, -0.2) is 13.4 Å². The molecule has 0 radical (unpaired) electrons. The zero-order valence-electron chi connectivity index (χ0n) is 17.4. The lowest BCUT2D eigenvalue weighted by atomic mass is 10.1. The van der Waals surface area contributed by atoms with Gasteiger partial charge in [0, 0.05) is 13.1 Å². The van der Waals surface area contributed by atoms with Crippen LogP contribution in [0.5, 0.6) is 5.75 Å². The second-order valence-electron chi connectivity index (χ2n) is 7.85. The first-order valence-corrected chi connectivity index (χ1v) is 11.7. The van der Waals surface area contributed by atoms with Crippen molar-refractivity contribution in [3.63, 3.8) is 0 Å². The topological polar surface area (TPSA) is 104 Å². The largest absolute Gasteiger partial charge is 0.497 e. The van der Waals surface area contributed by atoms with E-state index in [0.29, 0.717) is 25.3 Å². The Morgan fingerprint density at radius 1 is 1.12 bits per heavy atom. The molecule has 32 heavy (non-hydrogen) atoms. The van der Waals surface area contributed by atoms with Crippen molar-refractivity contribution < 1.29 is 17.9 Å². The summed E-state index contributed by atoms with van der Waals surface area (Å²) in [6.07, 6.45) is 2.05.